The first kappa shape index (κ1) is 15.1. The molecule has 0 aliphatic rings. The molecule has 0 aliphatic carbocycles. The topological polar surface area (TPSA) is 107 Å². The summed E-state index contributed by atoms with van der Waals surface area (Å²) in [7, 11) is 0. The highest BCUT2D eigenvalue weighted by Crippen LogP contribution is 2.22. The van der Waals surface area contributed by atoms with Gasteiger partial charge in [0.2, 0.25) is 12.3 Å². The van der Waals surface area contributed by atoms with E-state index in [9.17, 15) is 4.79 Å². The van der Waals surface area contributed by atoms with Crippen LogP contribution >= 0.6 is 11.3 Å². The molecule has 0 unspecified atom stereocenters. The van der Waals surface area contributed by atoms with Crippen molar-refractivity contribution in [1.29, 1.82) is 0 Å². The van der Waals surface area contributed by atoms with Crippen LogP contribution in [-0.2, 0) is 0 Å². The summed E-state index contributed by atoms with van der Waals surface area (Å²) < 4.78 is 5.16. The van der Waals surface area contributed by atoms with Crippen molar-refractivity contribution < 1.29 is 9.21 Å². The van der Waals surface area contributed by atoms with Gasteiger partial charge in [0.05, 0.1) is 0 Å². The molecule has 0 atom stereocenters. The lowest BCUT2D eigenvalue weighted by atomic mass is 10.2. The molecule has 122 valence electrons. The summed E-state index contributed by atoms with van der Waals surface area (Å²) in [6.45, 7) is 0. The monoisotopic (exact) mass is 350 g/mol. The molecule has 3 heterocycles. The van der Waals surface area contributed by atoms with E-state index in [0.717, 1.165) is 0 Å². The second-order valence-corrected chi connectivity index (χ2v) is 5.75. The highest BCUT2D eigenvalue weighted by molar-refractivity contribution is 7.13. The number of anilines is 1. The highest BCUT2D eigenvalue weighted by Gasteiger charge is 2.14. The molecule has 0 fully saturated rings. The maximum Gasteiger partial charge on any atom is 0.275 e. The number of nitrogens with zero attached hydrogens (tertiary/aromatic N) is 5. The number of carbonyl (C=O) groups excluding carboxylic acids is 1. The fraction of sp³-hybridized carbons (Fsp3) is 0. The Balaban J connectivity index is 1.53. The molecule has 0 spiro atoms. The maximum absolute atomic E-state index is 12.4. The van der Waals surface area contributed by atoms with Gasteiger partial charge in [0, 0.05) is 29.0 Å². The molecule has 1 N–H and O–H groups in total. The van der Waals surface area contributed by atoms with Gasteiger partial charge < -0.3 is 9.73 Å². The molecule has 0 bridgehead atoms. The van der Waals surface area contributed by atoms with Gasteiger partial charge in [-0.05, 0) is 24.3 Å². The van der Waals surface area contributed by atoms with E-state index in [-0.39, 0.29) is 5.91 Å². The summed E-state index contributed by atoms with van der Waals surface area (Å²) in [6, 6.07) is 8.85. The second-order valence-electron chi connectivity index (χ2n) is 4.89. The van der Waals surface area contributed by atoms with Crippen LogP contribution in [0.4, 0.5) is 5.69 Å². The summed E-state index contributed by atoms with van der Waals surface area (Å²) >= 11 is 1.31. The van der Waals surface area contributed by atoms with Crippen molar-refractivity contribution in [3.8, 4) is 22.3 Å². The Hall–Kier alpha value is -3.46. The summed E-state index contributed by atoms with van der Waals surface area (Å²) in [4.78, 5) is 24.9. The van der Waals surface area contributed by atoms with Crippen molar-refractivity contribution in [2.45, 2.75) is 0 Å². The van der Waals surface area contributed by atoms with Crippen molar-refractivity contribution in [2.75, 3.05) is 5.32 Å². The molecule has 4 rings (SSSR count). The van der Waals surface area contributed by atoms with Crippen molar-refractivity contribution in [3.05, 3.63) is 60.2 Å². The first-order valence-corrected chi connectivity index (χ1v) is 8.08. The largest absolute Gasteiger partial charge is 0.423 e. The van der Waals surface area contributed by atoms with Crippen molar-refractivity contribution in [3.63, 3.8) is 0 Å². The average Bonchev–Trinajstić information content (AvgIpc) is 3.35. The van der Waals surface area contributed by atoms with E-state index in [0.29, 0.717) is 33.7 Å². The van der Waals surface area contributed by atoms with Gasteiger partial charge in [-0.25, -0.2) is 15.0 Å². The Kier molecular flexibility index (Phi) is 3.97. The van der Waals surface area contributed by atoms with Gasteiger partial charge >= 0.3 is 0 Å². The predicted octanol–water partition coefficient (Wildman–Crippen LogP) is 2.90. The van der Waals surface area contributed by atoms with Gasteiger partial charge in [-0.2, -0.15) is 0 Å². The molecule has 1 amide bonds. The van der Waals surface area contributed by atoms with Gasteiger partial charge in [-0.1, -0.05) is 6.07 Å². The van der Waals surface area contributed by atoms with E-state index < -0.39 is 0 Å². The molecule has 0 aliphatic heterocycles. The van der Waals surface area contributed by atoms with Crippen LogP contribution in [0.25, 0.3) is 22.3 Å². The van der Waals surface area contributed by atoms with Gasteiger partial charge in [0.1, 0.15) is 5.69 Å². The smallest absolute Gasteiger partial charge is 0.275 e. The van der Waals surface area contributed by atoms with E-state index in [1.807, 2.05) is 6.07 Å². The molecule has 1 aromatic carbocycles. The lowest BCUT2D eigenvalue weighted by molar-refractivity contribution is 0.102. The number of thiazole rings is 1. The fourth-order valence-corrected chi connectivity index (χ4v) is 2.86. The molecule has 3 aromatic heterocycles. The zero-order valence-electron chi connectivity index (χ0n) is 12.7. The van der Waals surface area contributed by atoms with Crippen LogP contribution in [0.3, 0.4) is 0 Å². The van der Waals surface area contributed by atoms with Gasteiger partial charge in [-0.3, -0.25) is 4.79 Å². The number of hydrogen-bond acceptors (Lipinski definition) is 8. The first-order valence-electron chi connectivity index (χ1n) is 7.20. The Labute approximate surface area is 145 Å². The molecule has 25 heavy (non-hydrogen) atoms. The predicted molar refractivity (Wildman–Crippen MR) is 90.8 cm³/mol. The van der Waals surface area contributed by atoms with Gasteiger partial charge in [0.15, 0.2) is 10.8 Å². The first-order chi connectivity index (χ1) is 12.3. The molecular formula is C16H10N6O2S. The van der Waals surface area contributed by atoms with E-state index in [4.69, 9.17) is 4.42 Å². The van der Waals surface area contributed by atoms with Crippen LogP contribution in [0.2, 0.25) is 0 Å². The molecule has 4 aromatic rings. The SMILES string of the molecule is O=C(Nc1cccc(-c2nnco2)c1)c1csc(-c2ncccn2)n1. The third kappa shape index (κ3) is 3.26. The fourth-order valence-electron chi connectivity index (χ4n) is 2.11. The van der Waals surface area contributed by atoms with E-state index in [2.05, 4.69) is 30.5 Å². The normalized spacial score (nSPS) is 10.6. The Morgan fingerprint density at radius 3 is 2.84 bits per heavy atom. The van der Waals surface area contributed by atoms with Crippen LogP contribution in [0.15, 0.2) is 58.9 Å². The number of aromatic nitrogens is 5. The zero-order valence-corrected chi connectivity index (χ0v) is 13.5. The number of amides is 1. The Morgan fingerprint density at radius 1 is 1.16 bits per heavy atom. The number of nitrogens with one attached hydrogen (secondary N) is 1. The minimum Gasteiger partial charge on any atom is -0.423 e. The molecule has 9 heteroatoms. The van der Waals surface area contributed by atoms with Gasteiger partial charge in [0.25, 0.3) is 5.91 Å². The summed E-state index contributed by atoms with van der Waals surface area (Å²) in [6.07, 6.45) is 4.52. The Bertz CT molecular complexity index is 1000. The maximum atomic E-state index is 12.4. The van der Waals surface area contributed by atoms with E-state index in [1.54, 1.807) is 42.0 Å². The van der Waals surface area contributed by atoms with E-state index in [1.165, 1.54) is 17.7 Å². The molecule has 0 saturated heterocycles. The summed E-state index contributed by atoms with van der Waals surface area (Å²) in [5, 5.41) is 12.5. The lowest BCUT2D eigenvalue weighted by Gasteiger charge is -2.04. The van der Waals surface area contributed by atoms with Crippen molar-refractivity contribution in [1.82, 2.24) is 25.1 Å². The molecular weight excluding hydrogens is 340 g/mol. The van der Waals surface area contributed by atoms with Crippen LogP contribution in [0.1, 0.15) is 10.5 Å². The van der Waals surface area contributed by atoms with Crippen molar-refractivity contribution >= 4 is 22.9 Å². The number of rotatable bonds is 4. The Morgan fingerprint density at radius 2 is 2.04 bits per heavy atom. The third-order valence-electron chi connectivity index (χ3n) is 3.22. The number of carbonyl (C=O) groups is 1. The lowest BCUT2D eigenvalue weighted by Crippen LogP contribution is -2.12. The van der Waals surface area contributed by atoms with Crippen molar-refractivity contribution in [2.24, 2.45) is 0 Å². The molecule has 0 saturated carbocycles. The van der Waals surface area contributed by atoms with E-state index >= 15 is 0 Å². The third-order valence-corrected chi connectivity index (χ3v) is 4.06. The summed E-state index contributed by atoms with van der Waals surface area (Å²) in [5.41, 5.74) is 1.62. The molecule has 8 nitrogen and oxygen atoms in total. The standard InChI is InChI=1S/C16H10N6O2S/c23-14(12-8-25-16(21-12)13-17-5-2-6-18-13)20-11-4-1-3-10(7-11)15-22-19-9-24-15/h1-9H,(H,20,23). The molecule has 0 radical (unpaired) electrons. The summed E-state index contributed by atoms with van der Waals surface area (Å²) in [5.74, 6) is 0.555. The highest BCUT2D eigenvalue weighted by atomic mass is 32.1. The zero-order chi connectivity index (χ0) is 17.1. The van der Waals surface area contributed by atoms with Gasteiger partial charge in [-0.15, -0.1) is 21.5 Å². The number of benzene rings is 1. The van der Waals surface area contributed by atoms with Crippen LogP contribution in [-0.4, -0.2) is 31.1 Å². The van der Waals surface area contributed by atoms with Crippen LogP contribution in [0, 0.1) is 0 Å². The number of hydrogen-bond donors (Lipinski definition) is 1. The average molecular weight is 350 g/mol. The van der Waals surface area contributed by atoms with Crippen LogP contribution in [0.5, 0.6) is 0 Å². The minimum absolute atomic E-state index is 0.302. The van der Waals surface area contributed by atoms with Crippen LogP contribution < -0.4 is 5.32 Å². The minimum atomic E-state index is -0.318. The quantitative estimate of drug-likeness (QED) is 0.603. The second kappa shape index (κ2) is 6.57.